The van der Waals surface area contributed by atoms with Crippen molar-refractivity contribution in [2.24, 2.45) is 5.41 Å². The first-order valence-corrected chi connectivity index (χ1v) is 4.76. The molecule has 0 atom stereocenters. The van der Waals surface area contributed by atoms with Crippen molar-refractivity contribution in [3.8, 4) is 0 Å². The van der Waals surface area contributed by atoms with Gasteiger partial charge in [0.05, 0.1) is 0 Å². The molecule has 68 valence electrons. The van der Waals surface area contributed by atoms with Crippen LogP contribution in [-0.2, 0) is 4.79 Å². The standard InChI is InChI=1S/C11H18O/c1-9(2)10(12)11(3)7-5-4-6-8-11/h1,4-8H2,2-3H3. The molecule has 0 bridgehead atoms. The van der Waals surface area contributed by atoms with Crippen LogP contribution in [0.15, 0.2) is 12.2 Å². The van der Waals surface area contributed by atoms with Gasteiger partial charge in [0, 0.05) is 5.41 Å². The van der Waals surface area contributed by atoms with Crippen molar-refractivity contribution in [2.45, 2.75) is 46.0 Å². The second-order valence-corrected chi connectivity index (χ2v) is 4.23. The highest BCUT2D eigenvalue weighted by Gasteiger charge is 2.34. The van der Waals surface area contributed by atoms with Crippen molar-refractivity contribution in [2.75, 3.05) is 0 Å². The molecule has 1 fully saturated rings. The summed E-state index contributed by atoms with van der Waals surface area (Å²) in [5.74, 6) is 0.280. The zero-order valence-corrected chi connectivity index (χ0v) is 8.15. The summed E-state index contributed by atoms with van der Waals surface area (Å²) in [6.07, 6.45) is 5.81. The zero-order valence-electron chi connectivity index (χ0n) is 8.15. The van der Waals surface area contributed by atoms with Crippen LogP contribution in [0.2, 0.25) is 0 Å². The van der Waals surface area contributed by atoms with Crippen molar-refractivity contribution in [3.63, 3.8) is 0 Å². The molecule has 0 aromatic carbocycles. The zero-order chi connectivity index (χ0) is 9.19. The topological polar surface area (TPSA) is 17.1 Å². The van der Waals surface area contributed by atoms with Gasteiger partial charge in [0.1, 0.15) is 0 Å². The third kappa shape index (κ3) is 1.77. The summed E-state index contributed by atoms with van der Waals surface area (Å²) >= 11 is 0. The van der Waals surface area contributed by atoms with Crippen LogP contribution in [0.5, 0.6) is 0 Å². The minimum atomic E-state index is -0.0793. The molecule has 1 heteroatoms. The third-order valence-corrected chi connectivity index (χ3v) is 2.89. The maximum Gasteiger partial charge on any atom is 0.163 e. The van der Waals surface area contributed by atoms with Gasteiger partial charge in [0.2, 0.25) is 0 Å². The number of hydrogen-bond acceptors (Lipinski definition) is 1. The summed E-state index contributed by atoms with van der Waals surface area (Å²) < 4.78 is 0. The average Bonchev–Trinajstić information content (AvgIpc) is 2.04. The first-order valence-electron chi connectivity index (χ1n) is 4.76. The molecule has 0 amide bonds. The smallest absolute Gasteiger partial charge is 0.163 e. The van der Waals surface area contributed by atoms with E-state index in [-0.39, 0.29) is 11.2 Å². The number of ketones is 1. The summed E-state index contributed by atoms with van der Waals surface area (Å²) in [6.45, 7) is 7.63. The highest BCUT2D eigenvalue weighted by Crippen LogP contribution is 2.37. The summed E-state index contributed by atoms with van der Waals surface area (Å²) in [6, 6.07) is 0. The van der Waals surface area contributed by atoms with E-state index < -0.39 is 0 Å². The number of Topliss-reactive ketones (excluding diaryl/α,β-unsaturated/α-hetero) is 1. The average molecular weight is 166 g/mol. The third-order valence-electron chi connectivity index (χ3n) is 2.89. The van der Waals surface area contributed by atoms with Gasteiger partial charge in [-0.3, -0.25) is 4.79 Å². The number of carbonyl (C=O) groups is 1. The second kappa shape index (κ2) is 3.42. The molecule has 1 aliphatic carbocycles. The van der Waals surface area contributed by atoms with Crippen LogP contribution >= 0.6 is 0 Å². The molecule has 1 rings (SSSR count). The van der Waals surface area contributed by atoms with Gasteiger partial charge in [-0.2, -0.15) is 0 Å². The lowest BCUT2D eigenvalue weighted by molar-refractivity contribution is -0.125. The Balaban J connectivity index is 2.69. The largest absolute Gasteiger partial charge is 0.294 e. The molecule has 0 radical (unpaired) electrons. The Labute approximate surface area is 74.9 Å². The highest BCUT2D eigenvalue weighted by molar-refractivity contribution is 5.98. The van der Waals surface area contributed by atoms with E-state index in [1.54, 1.807) is 0 Å². The molecule has 12 heavy (non-hydrogen) atoms. The van der Waals surface area contributed by atoms with Crippen LogP contribution in [0.4, 0.5) is 0 Å². The first kappa shape index (κ1) is 9.50. The van der Waals surface area contributed by atoms with Gasteiger partial charge in [-0.25, -0.2) is 0 Å². The fourth-order valence-electron chi connectivity index (χ4n) is 2.07. The van der Waals surface area contributed by atoms with Crippen LogP contribution in [-0.4, -0.2) is 5.78 Å². The van der Waals surface area contributed by atoms with E-state index >= 15 is 0 Å². The van der Waals surface area contributed by atoms with Gasteiger partial charge in [0.15, 0.2) is 5.78 Å². The molecule has 0 unspecified atom stereocenters. The van der Waals surface area contributed by atoms with Crippen molar-refractivity contribution in [3.05, 3.63) is 12.2 Å². The molecule has 0 spiro atoms. The summed E-state index contributed by atoms with van der Waals surface area (Å²) in [5, 5.41) is 0. The Hall–Kier alpha value is -0.590. The van der Waals surface area contributed by atoms with E-state index in [4.69, 9.17) is 0 Å². The molecule has 0 aliphatic heterocycles. The fourth-order valence-corrected chi connectivity index (χ4v) is 2.07. The van der Waals surface area contributed by atoms with Gasteiger partial charge in [-0.15, -0.1) is 0 Å². The van der Waals surface area contributed by atoms with Crippen molar-refractivity contribution < 1.29 is 4.79 Å². The minimum absolute atomic E-state index is 0.0793. The molecule has 0 aromatic rings. The summed E-state index contributed by atoms with van der Waals surface area (Å²) in [4.78, 5) is 11.7. The molecule has 1 nitrogen and oxygen atoms in total. The molecular weight excluding hydrogens is 148 g/mol. The quantitative estimate of drug-likeness (QED) is 0.576. The Morgan fingerprint density at radius 2 is 1.75 bits per heavy atom. The van der Waals surface area contributed by atoms with E-state index in [1.807, 2.05) is 6.92 Å². The maximum absolute atomic E-state index is 11.7. The van der Waals surface area contributed by atoms with Crippen LogP contribution in [0, 0.1) is 5.41 Å². The van der Waals surface area contributed by atoms with Gasteiger partial charge in [-0.05, 0) is 25.3 Å². The van der Waals surface area contributed by atoms with Gasteiger partial charge in [-0.1, -0.05) is 32.8 Å². The lowest BCUT2D eigenvalue weighted by Crippen LogP contribution is -2.30. The molecular formula is C11H18O. The van der Waals surface area contributed by atoms with Crippen LogP contribution < -0.4 is 0 Å². The Kier molecular flexibility index (Phi) is 2.71. The van der Waals surface area contributed by atoms with E-state index in [0.717, 1.165) is 18.4 Å². The van der Waals surface area contributed by atoms with E-state index in [0.29, 0.717) is 0 Å². The molecule has 0 aromatic heterocycles. The Bertz CT molecular complexity index is 197. The van der Waals surface area contributed by atoms with Crippen molar-refractivity contribution >= 4 is 5.78 Å². The van der Waals surface area contributed by atoms with Crippen LogP contribution in [0.25, 0.3) is 0 Å². The number of allylic oxidation sites excluding steroid dienone is 1. The minimum Gasteiger partial charge on any atom is -0.294 e. The first-order chi connectivity index (χ1) is 5.56. The number of rotatable bonds is 2. The molecule has 0 heterocycles. The molecule has 1 aliphatic rings. The summed E-state index contributed by atoms with van der Waals surface area (Å²) in [7, 11) is 0. The van der Waals surface area contributed by atoms with Gasteiger partial charge < -0.3 is 0 Å². The molecule has 0 N–H and O–H groups in total. The fraction of sp³-hybridized carbons (Fsp3) is 0.727. The Morgan fingerprint density at radius 3 is 2.17 bits per heavy atom. The monoisotopic (exact) mass is 166 g/mol. The van der Waals surface area contributed by atoms with E-state index in [1.165, 1.54) is 19.3 Å². The van der Waals surface area contributed by atoms with Crippen LogP contribution in [0.1, 0.15) is 46.0 Å². The van der Waals surface area contributed by atoms with Gasteiger partial charge in [0.25, 0.3) is 0 Å². The van der Waals surface area contributed by atoms with E-state index in [2.05, 4.69) is 13.5 Å². The SMILES string of the molecule is C=C(C)C(=O)C1(C)CCCCC1. The lowest BCUT2D eigenvalue weighted by Gasteiger charge is -2.32. The second-order valence-electron chi connectivity index (χ2n) is 4.23. The molecule has 1 saturated carbocycles. The predicted molar refractivity (Wildman–Crippen MR) is 51.0 cm³/mol. The predicted octanol–water partition coefficient (Wildman–Crippen LogP) is 3.10. The Morgan fingerprint density at radius 1 is 1.25 bits per heavy atom. The normalized spacial score (nSPS) is 21.8. The van der Waals surface area contributed by atoms with Crippen LogP contribution in [0.3, 0.4) is 0 Å². The number of carbonyl (C=O) groups excluding carboxylic acids is 1. The maximum atomic E-state index is 11.7. The van der Waals surface area contributed by atoms with Gasteiger partial charge >= 0.3 is 0 Å². The highest BCUT2D eigenvalue weighted by atomic mass is 16.1. The van der Waals surface area contributed by atoms with E-state index in [9.17, 15) is 4.79 Å². The van der Waals surface area contributed by atoms with Crippen molar-refractivity contribution in [1.29, 1.82) is 0 Å². The summed E-state index contributed by atoms with van der Waals surface area (Å²) in [5.41, 5.74) is 0.642. The molecule has 0 saturated heterocycles. The van der Waals surface area contributed by atoms with Crippen molar-refractivity contribution in [1.82, 2.24) is 0 Å². The number of hydrogen-bond donors (Lipinski definition) is 0. The lowest BCUT2D eigenvalue weighted by atomic mass is 9.71.